The minimum atomic E-state index is -0.114. The van der Waals surface area contributed by atoms with Crippen molar-refractivity contribution in [1.82, 2.24) is 19.8 Å². The summed E-state index contributed by atoms with van der Waals surface area (Å²) in [6.45, 7) is 14.0. The lowest BCUT2D eigenvalue weighted by molar-refractivity contribution is 0.279. The van der Waals surface area contributed by atoms with Crippen molar-refractivity contribution in [3.05, 3.63) is 93.2 Å². The maximum Gasteiger partial charge on any atom is 0.257 e. The molecule has 2 aromatic heterocycles. The van der Waals surface area contributed by atoms with E-state index in [4.69, 9.17) is 4.99 Å². The van der Waals surface area contributed by atoms with Crippen LogP contribution < -0.4 is 5.56 Å². The van der Waals surface area contributed by atoms with Crippen molar-refractivity contribution in [2.75, 3.05) is 39.8 Å². The van der Waals surface area contributed by atoms with Crippen LogP contribution in [0.5, 0.6) is 0 Å². The second-order valence-electron chi connectivity index (χ2n) is 10.9. The molecule has 0 spiro atoms. The third kappa shape index (κ3) is 7.84. The molecule has 0 aliphatic carbocycles. The largest absolute Gasteiger partial charge is 0.329 e. The number of H-pyrrole nitrogens is 1. The Bertz CT molecular complexity index is 1340. The Kier molecular flexibility index (Phi) is 10.0. The van der Waals surface area contributed by atoms with Crippen molar-refractivity contribution in [1.29, 1.82) is 0 Å². The van der Waals surface area contributed by atoms with Gasteiger partial charge in [-0.2, -0.15) is 0 Å². The second kappa shape index (κ2) is 13.6. The fourth-order valence-electron chi connectivity index (χ4n) is 4.99. The molecular weight excluding hydrogens is 482 g/mol. The molecule has 206 valence electrons. The maximum absolute atomic E-state index is 13.2. The van der Waals surface area contributed by atoms with E-state index in [9.17, 15) is 4.79 Å². The lowest BCUT2D eigenvalue weighted by Crippen LogP contribution is -2.30. The lowest BCUT2D eigenvalue weighted by atomic mass is 9.92. The number of aryl methyl sites for hydroxylation is 1. The van der Waals surface area contributed by atoms with Crippen molar-refractivity contribution in [3.8, 4) is 0 Å². The van der Waals surface area contributed by atoms with Crippen LogP contribution in [0.25, 0.3) is 11.6 Å². The van der Waals surface area contributed by atoms with Gasteiger partial charge in [-0.3, -0.25) is 14.8 Å². The molecule has 6 heteroatoms. The van der Waals surface area contributed by atoms with Crippen LogP contribution in [0.3, 0.4) is 0 Å². The molecular formula is C33H43N5O. The van der Waals surface area contributed by atoms with Crippen LogP contribution in [-0.2, 0) is 6.42 Å². The second-order valence-corrected chi connectivity index (χ2v) is 10.9. The Morgan fingerprint density at radius 1 is 1.10 bits per heavy atom. The summed E-state index contributed by atoms with van der Waals surface area (Å²) in [6, 6.07) is 14.6. The average molecular weight is 526 g/mol. The van der Waals surface area contributed by atoms with Crippen molar-refractivity contribution in [2.24, 2.45) is 10.9 Å². The first kappa shape index (κ1) is 28.7. The summed E-state index contributed by atoms with van der Waals surface area (Å²) < 4.78 is 0. The number of allylic oxidation sites excluding steroid dienone is 1. The molecule has 1 N–H and O–H groups in total. The highest BCUT2D eigenvalue weighted by molar-refractivity contribution is 6.06. The summed E-state index contributed by atoms with van der Waals surface area (Å²) in [5, 5.41) is 0. The molecule has 1 fully saturated rings. The number of aromatic nitrogens is 2. The molecule has 3 heterocycles. The van der Waals surface area contributed by atoms with Gasteiger partial charge in [-0.1, -0.05) is 38.1 Å². The highest BCUT2D eigenvalue weighted by atomic mass is 16.1. The van der Waals surface area contributed by atoms with E-state index in [0.717, 1.165) is 66.3 Å². The molecule has 1 unspecified atom stereocenters. The minimum Gasteiger partial charge on any atom is -0.329 e. The molecule has 0 saturated carbocycles. The van der Waals surface area contributed by atoms with E-state index in [2.05, 4.69) is 84.0 Å². The molecule has 6 nitrogen and oxygen atoms in total. The average Bonchev–Trinajstić information content (AvgIpc) is 3.15. The Labute approximate surface area is 233 Å². The van der Waals surface area contributed by atoms with Gasteiger partial charge in [-0.15, -0.1) is 0 Å². The van der Waals surface area contributed by atoms with Gasteiger partial charge in [0.05, 0.1) is 17.0 Å². The van der Waals surface area contributed by atoms with E-state index in [0.29, 0.717) is 5.56 Å². The smallest absolute Gasteiger partial charge is 0.257 e. The molecule has 1 aliphatic heterocycles. The standard InChI is InChI=1S/C33H43N5O/c1-6-24(2)32(31-28(14-16-34-33(31)39)22-25(3)29-11-8-26(4)35-23-29)36-30-12-9-27(10-13-30)15-19-38-18-7-17-37(5)20-21-38/h8-14,16,22-24H,6-7,15,17-21H2,1-5H3,(H,34,39)/b25-22+,36-32?. The summed E-state index contributed by atoms with van der Waals surface area (Å²) in [6.07, 6.45) is 8.82. The summed E-state index contributed by atoms with van der Waals surface area (Å²) in [4.78, 5) is 30.6. The Hall–Kier alpha value is -3.35. The van der Waals surface area contributed by atoms with Crippen LogP contribution in [0.15, 0.2) is 64.6 Å². The van der Waals surface area contributed by atoms with E-state index in [-0.39, 0.29) is 11.5 Å². The number of pyridine rings is 2. The number of aliphatic imine (C=N–C) groups is 1. The number of nitrogens with one attached hydrogen (secondary N) is 1. The zero-order chi connectivity index (χ0) is 27.8. The van der Waals surface area contributed by atoms with Crippen LogP contribution in [0.1, 0.15) is 61.6 Å². The van der Waals surface area contributed by atoms with E-state index >= 15 is 0 Å². The number of likely N-dealkylation sites (N-methyl/N-ethyl adjacent to an activating group) is 1. The number of nitrogens with zero attached hydrogens (tertiary/aromatic N) is 4. The molecule has 1 saturated heterocycles. The summed E-state index contributed by atoms with van der Waals surface area (Å²) in [5.74, 6) is 0.128. The number of benzene rings is 1. The van der Waals surface area contributed by atoms with E-state index in [1.807, 2.05) is 25.3 Å². The van der Waals surface area contributed by atoms with Crippen molar-refractivity contribution < 1.29 is 0 Å². The van der Waals surface area contributed by atoms with Gasteiger partial charge >= 0.3 is 0 Å². The predicted molar refractivity (Wildman–Crippen MR) is 164 cm³/mol. The maximum atomic E-state index is 13.2. The number of rotatable bonds is 9. The minimum absolute atomic E-state index is 0.114. The topological polar surface area (TPSA) is 64.6 Å². The number of aromatic amines is 1. The molecule has 3 aromatic rings. The number of hydrogen-bond donors (Lipinski definition) is 1. The summed E-state index contributed by atoms with van der Waals surface area (Å²) in [5.41, 5.74) is 7.49. The monoisotopic (exact) mass is 525 g/mol. The molecule has 1 aromatic carbocycles. The normalized spacial score (nSPS) is 16.7. The van der Waals surface area contributed by atoms with Crippen molar-refractivity contribution in [3.63, 3.8) is 0 Å². The van der Waals surface area contributed by atoms with Crippen LogP contribution in [-0.4, -0.2) is 65.3 Å². The fourth-order valence-corrected chi connectivity index (χ4v) is 4.99. The Balaban J connectivity index is 1.59. The highest BCUT2D eigenvalue weighted by Gasteiger charge is 2.19. The molecule has 4 rings (SSSR count). The first-order chi connectivity index (χ1) is 18.8. The molecule has 0 radical (unpaired) electrons. The quantitative estimate of drug-likeness (QED) is 0.349. The van der Waals surface area contributed by atoms with Crippen LogP contribution >= 0.6 is 0 Å². The van der Waals surface area contributed by atoms with Gasteiger partial charge in [0.15, 0.2) is 0 Å². The van der Waals surface area contributed by atoms with Crippen molar-refractivity contribution >= 4 is 23.0 Å². The third-order valence-electron chi connectivity index (χ3n) is 7.78. The molecule has 0 bridgehead atoms. The Morgan fingerprint density at radius 3 is 2.62 bits per heavy atom. The fraction of sp³-hybridized carbons (Fsp3) is 0.424. The Morgan fingerprint density at radius 2 is 1.90 bits per heavy atom. The van der Waals surface area contributed by atoms with Gasteiger partial charge in [-0.25, -0.2) is 0 Å². The van der Waals surface area contributed by atoms with Gasteiger partial charge in [0.2, 0.25) is 0 Å². The zero-order valence-corrected chi connectivity index (χ0v) is 24.2. The van der Waals surface area contributed by atoms with E-state index < -0.39 is 0 Å². The summed E-state index contributed by atoms with van der Waals surface area (Å²) >= 11 is 0. The zero-order valence-electron chi connectivity index (χ0n) is 24.2. The van der Waals surface area contributed by atoms with E-state index in [1.54, 1.807) is 6.20 Å². The van der Waals surface area contributed by atoms with Gasteiger partial charge < -0.3 is 14.8 Å². The van der Waals surface area contributed by atoms with Crippen molar-refractivity contribution in [2.45, 2.75) is 47.0 Å². The van der Waals surface area contributed by atoms with E-state index in [1.165, 1.54) is 25.1 Å². The lowest BCUT2D eigenvalue weighted by Gasteiger charge is -2.20. The van der Waals surface area contributed by atoms with Gasteiger partial charge in [0.25, 0.3) is 5.56 Å². The summed E-state index contributed by atoms with van der Waals surface area (Å²) in [7, 11) is 2.21. The van der Waals surface area contributed by atoms with Crippen LogP contribution in [0, 0.1) is 12.8 Å². The van der Waals surface area contributed by atoms with Gasteiger partial charge in [0, 0.05) is 37.7 Å². The molecule has 1 atom stereocenters. The van der Waals surface area contributed by atoms with Gasteiger partial charge in [0.1, 0.15) is 0 Å². The molecule has 39 heavy (non-hydrogen) atoms. The first-order valence-electron chi connectivity index (χ1n) is 14.3. The van der Waals surface area contributed by atoms with Crippen LogP contribution in [0.2, 0.25) is 0 Å². The SMILES string of the molecule is CCC(C)C(=Nc1ccc(CCN2CCCN(C)CC2)cc1)c1c(/C=C(\C)c2ccc(C)nc2)cc[nH]c1=O. The molecule has 0 amide bonds. The first-order valence-corrected chi connectivity index (χ1v) is 14.3. The number of hydrogen-bond acceptors (Lipinski definition) is 5. The third-order valence-corrected chi connectivity index (χ3v) is 7.78. The van der Waals surface area contributed by atoms with Gasteiger partial charge in [-0.05, 0) is 106 Å². The molecule has 1 aliphatic rings. The highest BCUT2D eigenvalue weighted by Crippen LogP contribution is 2.24. The predicted octanol–water partition coefficient (Wildman–Crippen LogP) is 5.99. The van der Waals surface area contributed by atoms with Crippen LogP contribution in [0.4, 0.5) is 5.69 Å².